The van der Waals surface area contributed by atoms with E-state index in [2.05, 4.69) is 36.7 Å². The van der Waals surface area contributed by atoms with E-state index in [-0.39, 0.29) is 24.8 Å². The molecule has 2 aromatic heterocycles. The van der Waals surface area contributed by atoms with Gasteiger partial charge in [0.05, 0.1) is 6.54 Å². The zero-order valence-electron chi connectivity index (χ0n) is 14.5. The molecule has 2 amide bonds. The first kappa shape index (κ1) is 19.2. The first-order valence-electron chi connectivity index (χ1n) is 8.19. The predicted octanol–water partition coefficient (Wildman–Crippen LogP) is 3.56. The molecule has 140 valence electrons. The Morgan fingerprint density at radius 2 is 2.11 bits per heavy atom. The van der Waals surface area contributed by atoms with Crippen molar-refractivity contribution in [2.45, 2.75) is 19.8 Å². The second-order valence-electron chi connectivity index (χ2n) is 5.81. The summed E-state index contributed by atoms with van der Waals surface area (Å²) in [6.07, 6.45) is 0.479. The van der Waals surface area contributed by atoms with Crippen molar-refractivity contribution in [3.63, 3.8) is 0 Å². The van der Waals surface area contributed by atoms with Gasteiger partial charge < -0.3 is 15.2 Å². The first-order valence-corrected chi connectivity index (χ1v) is 9.92. The van der Waals surface area contributed by atoms with Crippen LogP contribution in [0.15, 0.2) is 44.0 Å². The minimum atomic E-state index is -0.289. The molecule has 27 heavy (non-hydrogen) atoms. The normalized spacial score (nSPS) is 10.6. The Morgan fingerprint density at radius 3 is 2.85 bits per heavy atom. The third-order valence-corrected chi connectivity index (χ3v) is 5.27. The molecule has 0 aliphatic rings. The Hall–Kier alpha value is -2.52. The van der Waals surface area contributed by atoms with Gasteiger partial charge in [0.2, 0.25) is 23.5 Å². The molecule has 9 heteroatoms. The maximum Gasteiger partial charge on any atom is 0.243 e. The van der Waals surface area contributed by atoms with Crippen molar-refractivity contribution in [3.05, 3.63) is 51.0 Å². The molecule has 0 bridgehead atoms. The fourth-order valence-corrected chi connectivity index (χ4v) is 3.16. The molecule has 0 atom stereocenters. The minimum absolute atomic E-state index is 0.0993. The molecular formula is C18H17BrN4O3S. The predicted molar refractivity (Wildman–Crippen MR) is 106 cm³/mol. The summed E-state index contributed by atoms with van der Waals surface area (Å²) in [6, 6.07) is 7.40. The van der Waals surface area contributed by atoms with E-state index in [1.54, 1.807) is 17.4 Å². The van der Waals surface area contributed by atoms with Crippen LogP contribution in [0.3, 0.4) is 0 Å². The summed E-state index contributed by atoms with van der Waals surface area (Å²) in [4.78, 5) is 28.1. The highest BCUT2D eigenvalue weighted by atomic mass is 79.9. The number of carbonyl (C=O) groups excluding carboxylic acids is 2. The molecule has 3 rings (SSSR count). The van der Waals surface area contributed by atoms with E-state index < -0.39 is 0 Å². The van der Waals surface area contributed by atoms with Gasteiger partial charge in [-0.3, -0.25) is 9.59 Å². The van der Waals surface area contributed by atoms with Gasteiger partial charge in [-0.2, -0.15) is 16.3 Å². The average Bonchev–Trinajstić information content (AvgIpc) is 3.32. The molecule has 0 radical (unpaired) electrons. The van der Waals surface area contributed by atoms with Crippen LogP contribution in [0.2, 0.25) is 0 Å². The summed E-state index contributed by atoms with van der Waals surface area (Å²) in [5.74, 6) is 0.354. The molecule has 3 aromatic rings. The number of thiophene rings is 1. The minimum Gasteiger partial charge on any atom is -0.347 e. The van der Waals surface area contributed by atoms with Crippen LogP contribution in [-0.2, 0) is 16.0 Å². The molecule has 0 aliphatic carbocycles. The Kier molecular flexibility index (Phi) is 6.36. The van der Waals surface area contributed by atoms with Crippen LogP contribution in [0.4, 0.5) is 5.69 Å². The van der Waals surface area contributed by atoms with Crippen LogP contribution in [0.1, 0.15) is 17.9 Å². The summed E-state index contributed by atoms with van der Waals surface area (Å²) in [5.41, 5.74) is 2.58. The Balaban J connectivity index is 1.41. The second-order valence-corrected chi connectivity index (χ2v) is 7.45. The van der Waals surface area contributed by atoms with Gasteiger partial charge in [0.25, 0.3) is 0 Å². The molecule has 0 saturated heterocycles. The number of hydrogen-bond acceptors (Lipinski definition) is 6. The third-order valence-electron chi connectivity index (χ3n) is 3.70. The van der Waals surface area contributed by atoms with Crippen molar-refractivity contribution >= 4 is 44.8 Å². The maximum absolute atomic E-state index is 11.9. The molecule has 0 spiro atoms. The summed E-state index contributed by atoms with van der Waals surface area (Å²) in [5, 5.41) is 13.1. The van der Waals surface area contributed by atoms with E-state index in [1.165, 1.54) is 0 Å². The average molecular weight is 449 g/mol. The van der Waals surface area contributed by atoms with Crippen molar-refractivity contribution in [3.8, 4) is 11.4 Å². The van der Waals surface area contributed by atoms with E-state index in [0.717, 1.165) is 15.6 Å². The molecule has 2 N–H and O–H groups in total. The van der Waals surface area contributed by atoms with Gasteiger partial charge in [-0.05, 0) is 42.1 Å². The van der Waals surface area contributed by atoms with Crippen molar-refractivity contribution in [2.24, 2.45) is 0 Å². The monoisotopic (exact) mass is 448 g/mol. The van der Waals surface area contributed by atoms with E-state index in [9.17, 15) is 9.59 Å². The van der Waals surface area contributed by atoms with Gasteiger partial charge in [0, 0.05) is 33.9 Å². The van der Waals surface area contributed by atoms with Gasteiger partial charge in [0.15, 0.2) is 0 Å². The lowest BCUT2D eigenvalue weighted by Gasteiger charge is -2.08. The number of carbonyl (C=O) groups is 2. The van der Waals surface area contributed by atoms with Crippen LogP contribution in [0.25, 0.3) is 11.4 Å². The lowest BCUT2D eigenvalue weighted by Crippen LogP contribution is -2.33. The summed E-state index contributed by atoms with van der Waals surface area (Å²) >= 11 is 4.96. The van der Waals surface area contributed by atoms with Gasteiger partial charge in [-0.15, -0.1) is 0 Å². The molecule has 0 fully saturated rings. The van der Waals surface area contributed by atoms with Crippen molar-refractivity contribution in [1.82, 2.24) is 15.5 Å². The Labute approximate surface area is 168 Å². The fraction of sp³-hybridized carbons (Fsp3) is 0.222. The number of halogens is 1. The van der Waals surface area contributed by atoms with E-state index in [4.69, 9.17) is 4.52 Å². The Bertz CT molecular complexity index is 940. The quantitative estimate of drug-likeness (QED) is 0.575. The topological polar surface area (TPSA) is 97.1 Å². The zero-order valence-corrected chi connectivity index (χ0v) is 16.9. The maximum atomic E-state index is 11.9. The highest BCUT2D eigenvalue weighted by Crippen LogP contribution is 2.20. The van der Waals surface area contributed by atoms with Crippen LogP contribution >= 0.6 is 27.3 Å². The highest BCUT2D eigenvalue weighted by molar-refractivity contribution is 9.10. The van der Waals surface area contributed by atoms with Crippen LogP contribution in [0, 0.1) is 6.92 Å². The lowest BCUT2D eigenvalue weighted by molar-refractivity contribution is -0.124. The fourth-order valence-electron chi connectivity index (χ4n) is 2.28. The molecule has 2 heterocycles. The number of aryl methyl sites for hydroxylation is 2. The lowest BCUT2D eigenvalue weighted by atomic mass is 10.2. The van der Waals surface area contributed by atoms with Crippen LogP contribution in [-0.4, -0.2) is 28.5 Å². The number of nitrogens with zero attached hydrogens (tertiary/aromatic N) is 2. The van der Waals surface area contributed by atoms with Gasteiger partial charge >= 0.3 is 0 Å². The molecule has 1 aromatic carbocycles. The number of aromatic nitrogens is 2. The zero-order chi connectivity index (χ0) is 19.2. The third kappa shape index (κ3) is 5.48. The number of nitrogens with one attached hydrogen (secondary N) is 2. The van der Waals surface area contributed by atoms with Crippen molar-refractivity contribution < 1.29 is 14.1 Å². The van der Waals surface area contributed by atoms with Crippen molar-refractivity contribution in [2.75, 3.05) is 11.9 Å². The second kappa shape index (κ2) is 8.92. The first-order chi connectivity index (χ1) is 13.0. The molecule has 0 aliphatic heterocycles. The molecular weight excluding hydrogens is 432 g/mol. The van der Waals surface area contributed by atoms with Gasteiger partial charge in [-0.25, -0.2) is 0 Å². The van der Waals surface area contributed by atoms with E-state index in [1.807, 2.05) is 35.9 Å². The van der Waals surface area contributed by atoms with Crippen molar-refractivity contribution in [1.29, 1.82) is 0 Å². The summed E-state index contributed by atoms with van der Waals surface area (Å²) < 4.78 is 6.11. The number of rotatable bonds is 7. The van der Waals surface area contributed by atoms with Crippen LogP contribution < -0.4 is 10.6 Å². The molecule has 0 saturated carbocycles. The van der Waals surface area contributed by atoms with Gasteiger partial charge in [0.1, 0.15) is 0 Å². The number of hydrogen-bond donors (Lipinski definition) is 2. The summed E-state index contributed by atoms with van der Waals surface area (Å²) in [6.45, 7) is 1.83. The molecule has 0 unspecified atom stereocenters. The SMILES string of the molecule is Cc1cc(NC(=O)CNC(=O)CCc2nc(-c3ccsc3)no2)ccc1Br. The van der Waals surface area contributed by atoms with Gasteiger partial charge in [-0.1, -0.05) is 21.1 Å². The largest absolute Gasteiger partial charge is 0.347 e. The number of benzene rings is 1. The Morgan fingerprint density at radius 1 is 1.26 bits per heavy atom. The standard InChI is InChI=1S/C18H17BrN4O3S/c1-11-8-13(2-3-14(11)19)21-16(25)9-20-15(24)4-5-17-22-18(23-26-17)12-6-7-27-10-12/h2-3,6-8,10H,4-5,9H2,1H3,(H,20,24)(H,21,25). The highest BCUT2D eigenvalue weighted by Gasteiger charge is 2.12. The smallest absolute Gasteiger partial charge is 0.243 e. The number of amides is 2. The van der Waals surface area contributed by atoms with Crippen LogP contribution in [0.5, 0.6) is 0 Å². The van der Waals surface area contributed by atoms with E-state index in [0.29, 0.717) is 23.8 Å². The number of anilines is 1. The summed E-state index contributed by atoms with van der Waals surface area (Å²) in [7, 11) is 0. The van der Waals surface area contributed by atoms with E-state index >= 15 is 0 Å². The molecule has 7 nitrogen and oxygen atoms in total.